The van der Waals surface area contributed by atoms with E-state index in [9.17, 15) is 4.79 Å². The summed E-state index contributed by atoms with van der Waals surface area (Å²) >= 11 is 0. The van der Waals surface area contributed by atoms with Crippen molar-refractivity contribution in [1.82, 2.24) is 14.8 Å². The molecule has 1 aromatic rings. The molecule has 1 aromatic heterocycles. The molecule has 1 atom stereocenters. The molecule has 0 spiro atoms. The van der Waals surface area contributed by atoms with Crippen LogP contribution in [0.2, 0.25) is 0 Å². The molecule has 6 heteroatoms. The van der Waals surface area contributed by atoms with Crippen molar-refractivity contribution in [2.45, 2.75) is 25.3 Å². The standard InChI is InChI=1S/C9H15N5O/c1-14-9(11-5-12-14)13-8(15)4-7(10)6-2-3-6/h5-7H,2-4,10H2,1H3,(H,11,12,13,15). The van der Waals surface area contributed by atoms with Crippen molar-refractivity contribution >= 4 is 11.9 Å². The number of anilines is 1. The SMILES string of the molecule is Cn1ncnc1NC(=O)CC(N)C1CC1. The highest BCUT2D eigenvalue weighted by Crippen LogP contribution is 2.32. The first-order valence-electron chi connectivity index (χ1n) is 5.06. The Hall–Kier alpha value is -1.43. The quantitative estimate of drug-likeness (QED) is 0.724. The summed E-state index contributed by atoms with van der Waals surface area (Å²) in [7, 11) is 1.73. The number of carbonyl (C=O) groups excluding carboxylic acids is 1. The van der Waals surface area contributed by atoms with Crippen molar-refractivity contribution in [2.24, 2.45) is 18.7 Å². The van der Waals surface area contributed by atoms with Gasteiger partial charge in [-0.3, -0.25) is 10.1 Å². The molecule has 1 heterocycles. The molecule has 0 saturated heterocycles. The van der Waals surface area contributed by atoms with Crippen molar-refractivity contribution in [3.05, 3.63) is 6.33 Å². The molecule has 1 unspecified atom stereocenters. The van der Waals surface area contributed by atoms with Crippen LogP contribution in [0.15, 0.2) is 6.33 Å². The van der Waals surface area contributed by atoms with E-state index in [1.807, 2.05) is 0 Å². The van der Waals surface area contributed by atoms with E-state index in [1.165, 1.54) is 11.0 Å². The summed E-state index contributed by atoms with van der Waals surface area (Å²) in [6.45, 7) is 0. The number of nitrogens with zero attached hydrogens (tertiary/aromatic N) is 3. The molecule has 0 bridgehead atoms. The molecule has 1 amide bonds. The van der Waals surface area contributed by atoms with Crippen LogP contribution in [0.3, 0.4) is 0 Å². The number of carbonyl (C=O) groups is 1. The highest BCUT2D eigenvalue weighted by Gasteiger charge is 2.29. The molecule has 3 N–H and O–H groups in total. The molecule has 2 rings (SSSR count). The van der Waals surface area contributed by atoms with Gasteiger partial charge in [-0.15, -0.1) is 0 Å². The number of amides is 1. The van der Waals surface area contributed by atoms with Crippen LogP contribution in [0.5, 0.6) is 0 Å². The molecule has 15 heavy (non-hydrogen) atoms. The Morgan fingerprint density at radius 2 is 2.53 bits per heavy atom. The zero-order chi connectivity index (χ0) is 10.8. The summed E-state index contributed by atoms with van der Waals surface area (Å²) in [5.41, 5.74) is 5.84. The highest BCUT2D eigenvalue weighted by atomic mass is 16.1. The van der Waals surface area contributed by atoms with Crippen LogP contribution in [0.1, 0.15) is 19.3 Å². The van der Waals surface area contributed by atoms with Crippen LogP contribution >= 0.6 is 0 Å². The number of aryl methyl sites for hydroxylation is 1. The molecular weight excluding hydrogens is 194 g/mol. The van der Waals surface area contributed by atoms with Gasteiger partial charge in [0, 0.05) is 19.5 Å². The highest BCUT2D eigenvalue weighted by molar-refractivity contribution is 5.89. The molecule has 1 aliphatic rings. The van der Waals surface area contributed by atoms with E-state index in [0.29, 0.717) is 18.3 Å². The number of hydrogen-bond donors (Lipinski definition) is 2. The number of nitrogens with one attached hydrogen (secondary N) is 1. The average Bonchev–Trinajstić information content (AvgIpc) is 2.94. The maximum absolute atomic E-state index is 11.5. The summed E-state index contributed by atoms with van der Waals surface area (Å²) in [4.78, 5) is 15.4. The minimum atomic E-state index is -0.0921. The smallest absolute Gasteiger partial charge is 0.228 e. The Balaban J connectivity index is 1.84. The van der Waals surface area contributed by atoms with Gasteiger partial charge in [0.05, 0.1) is 0 Å². The van der Waals surface area contributed by atoms with Gasteiger partial charge in [0.2, 0.25) is 11.9 Å². The Bertz CT molecular complexity index is 357. The lowest BCUT2D eigenvalue weighted by molar-refractivity contribution is -0.116. The second kappa shape index (κ2) is 3.98. The molecule has 1 fully saturated rings. The van der Waals surface area contributed by atoms with Crippen LogP contribution in [-0.2, 0) is 11.8 Å². The second-order valence-electron chi connectivity index (χ2n) is 3.96. The third kappa shape index (κ3) is 2.53. The molecule has 82 valence electrons. The van der Waals surface area contributed by atoms with Crippen LogP contribution in [-0.4, -0.2) is 26.7 Å². The molecule has 1 saturated carbocycles. The monoisotopic (exact) mass is 209 g/mol. The van der Waals surface area contributed by atoms with E-state index >= 15 is 0 Å². The molecule has 0 radical (unpaired) electrons. The minimum Gasteiger partial charge on any atom is -0.327 e. The van der Waals surface area contributed by atoms with Crippen molar-refractivity contribution in [3.63, 3.8) is 0 Å². The van der Waals surface area contributed by atoms with E-state index in [0.717, 1.165) is 12.8 Å². The van der Waals surface area contributed by atoms with E-state index in [1.54, 1.807) is 7.05 Å². The van der Waals surface area contributed by atoms with E-state index in [4.69, 9.17) is 5.73 Å². The third-order valence-electron chi connectivity index (χ3n) is 2.61. The average molecular weight is 209 g/mol. The molecule has 1 aliphatic carbocycles. The fourth-order valence-corrected chi connectivity index (χ4v) is 1.49. The summed E-state index contributed by atoms with van der Waals surface area (Å²) in [6.07, 6.45) is 4.06. The third-order valence-corrected chi connectivity index (χ3v) is 2.61. The lowest BCUT2D eigenvalue weighted by Gasteiger charge is -2.09. The van der Waals surface area contributed by atoms with Gasteiger partial charge in [0.1, 0.15) is 6.33 Å². The van der Waals surface area contributed by atoms with Crippen LogP contribution in [0, 0.1) is 5.92 Å². The van der Waals surface area contributed by atoms with E-state index in [-0.39, 0.29) is 11.9 Å². The van der Waals surface area contributed by atoms with E-state index in [2.05, 4.69) is 15.4 Å². The normalized spacial score (nSPS) is 17.5. The summed E-state index contributed by atoms with van der Waals surface area (Å²) in [5.74, 6) is 0.906. The van der Waals surface area contributed by atoms with Crippen LogP contribution in [0.25, 0.3) is 0 Å². The van der Waals surface area contributed by atoms with Crippen LogP contribution in [0.4, 0.5) is 5.95 Å². The van der Waals surface area contributed by atoms with Gasteiger partial charge in [-0.2, -0.15) is 10.1 Å². The number of hydrogen-bond acceptors (Lipinski definition) is 4. The van der Waals surface area contributed by atoms with Crippen molar-refractivity contribution < 1.29 is 4.79 Å². The summed E-state index contributed by atoms with van der Waals surface area (Å²) in [5, 5.41) is 6.53. The van der Waals surface area contributed by atoms with Crippen LogP contribution < -0.4 is 11.1 Å². The first kappa shape index (κ1) is 10.1. The Morgan fingerprint density at radius 1 is 1.80 bits per heavy atom. The Kier molecular flexibility index (Phi) is 2.68. The maximum Gasteiger partial charge on any atom is 0.228 e. The van der Waals surface area contributed by atoms with E-state index < -0.39 is 0 Å². The van der Waals surface area contributed by atoms with Crippen molar-refractivity contribution in [3.8, 4) is 0 Å². The number of nitrogens with two attached hydrogens (primary N) is 1. The Morgan fingerprint density at radius 3 is 3.07 bits per heavy atom. The summed E-state index contributed by atoms with van der Waals surface area (Å²) in [6, 6.07) is -0.0155. The molecule has 0 aliphatic heterocycles. The minimum absolute atomic E-state index is 0.0155. The maximum atomic E-state index is 11.5. The molecule has 6 nitrogen and oxygen atoms in total. The lowest BCUT2D eigenvalue weighted by atomic mass is 10.1. The Labute approximate surface area is 87.9 Å². The largest absolute Gasteiger partial charge is 0.327 e. The fourth-order valence-electron chi connectivity index (χ4n) is 1.49. The summed E-state index contributed by atoms with van der Waals surface area (Å²) < 4.78 is 1.51. The zero-order valence-corrected chi connectivity index (χ0v) is 8.68. The predicted molar refractivity (Wildman–Crippen MR) is 54.9 cm³/mol. The zero-order valence-electron chi connectivity index (χ0n) is 8.68. The van der Waals surface area contributed by atoms with Gasteiger partial charge >= 0.3 is 0 Å². The van der Waals surface area contributed by atoms with Gasteiger partial charge in [0.15, 0.2) is 0 Å². The van der Waals surface area contributed by atoms with Gasteiger partial charge in [0.25, 0.3) is 0 Å². The lowest BCUT2D eigenvalue weighted by Crippen LogP contribution is -2.29. The molecule has 0 aromatic carbocycles. The number of aromatic nitrogens is 3. The predicted octanol–water partition coefficient (Wildman–Crippen LogP) is -0.119. The van der Waals surface area contributed by atoms with Gasteiger partial charge < -0.3 is 5.73 Å². The topological polar surface area (TPSA) is 85.8 Å². The fraction of sp³-hybridized carbons (Fsp3) is 0.667. The first-order chi connectivity index (χ1) is 7.16. The first-order valence-corrected chi connectivity index (χ1v) is 5.06. The van der Waals surface area contributed by atoms with Gasteiger partial charge in [-0.25, -0.2) is 4.68 Å². The van der Waals surface area contributed by atoms with Crippen molar-refractivity contribution in [2.75, 3.05) is 5.32 Å². The number of rotatable bonds is 4. The van der Waals surface area contributed by atoms with Crippen molar-refractivity contribution in [1.29, 1.82) is 0 Å². The van der Waals surface area contributed by atoms with Gasteiger partial charge in [-0.05, 0) is 18.8 Å². The molecular formula is C9H15N5O. The second-order valence-corrected chi connectivity index (χ2v) is 3.96. The van der Waals surface area contributed by atoms with Gasteiger partial charge in [-0.1, -0.05) is 0 Å².